The Kier molecular flexibility index (Phi) is 6.65. The number of carbonyl (C=O) groups is 1. The lowest BCUT2D eigenvalue weighted by Gasteiger charge is -2.20. The van der Waals surface area contributed by atoms with Crippen LogP contribution < -0.4 is 10.1 Å². The van der Waals surface area contributed by atoms with Crippen molar-refractivity contribution in [3.63, 3.8) is 0 Å². The molecule has 1 amide bonds. The molecule has 0 fully saturated rings. The van der Waals surface area contributed by atoms with E-state index in [1.807, 2.05) is 37.3 Å². The molecule has 0 aliphatic rings. The number of hydrogen-bond donors (Lipinski definition) is 1. The monoisotopic (exact) mass is 403 g/mol. The van der Waals surface area contributed by atoms with Crippen molar-refractivity contribution in [3.05, 3.63) is 58.1 Å². The molecule has 2 aromatic carbocycles. The van der Waals surface area contributed by atoms with Gasteiger partial charge < -0.3 is 10.1 Å². The van der Waals surface area contributed by atoms with Crippen molar-refractivity contribution in [1.82, 2.24) is 0 Å². The molecule has 2 rings (SSSR count). The summed E-state index contributed by atoms with van der Waals surface area (Å²) in [5.41, 5.74) is 3.31. The van der Waals surface area contributed by atoms with E-state index in [-0.39, 0.29) is 11.3 Å². The third kappa shape index (κ3) is 6.20. The number of anilines is 1. The molecule has 0 heterocycles. The fraction of sp³-hybridized carbons (Fsp3) is 0.381. The number of halogens is 1. The molecule has 0 atom stereocenters. The van der Waals surface area contributed by atoms with Crippen LogP contribution in [0.5, 0.6) is 5.75 Å². The summed E-state index contributed by atoms with van der Waals surface area (Å²) in [4.78, 5) is 12.1. The third-order valence-electron chi connectivity index (χ3n) is 3.95. The topological polar surface area (TPSA) is 38.3 Å². The molecule has 1 N–H and O–H groups in total. The van der Waals surface area contributed by atoms with E-state index in [9.17, 15) is 4.79 Å². The van der Waals surface area contributed by atoms with Crippen LogP contribution in [-0.2, 0) is 10.2 Å². The molecule has 0 bridgehead atoms. The predicted molar refractivity (Wildman–Crippen MR) is 107 cm³/mol. The van der Waals surface area contributed by atoms with Gasteiger partial charge in [-0.3, -0.25) is 4.79 Å². The van der Waals surface area contributed by atoms with Crippen molar-refractivity contribution in [3.8, 4) is 5.75 Å². The number of amides is 1. The van der Waals surface area contributed by atoms with Crippen molar-refractivity contribution >= 4 is 27.5 Å². The van der Waals surface area contributed by atoms with Crippen LogP contribution in [0.25, 0.3) is 0 Å². The van der Waals surface area contributed by atoms with Gasteiger partial charge in [-0.15, -0.1) is 0 Å². The van der Waals surface area contributed by atoms with Gasteiger partial charge in [0.2, 0.25) is 5.91 Å². The number of rotatable bonds is 6. The van der Waals surface area contributed by atoms with Gasteiger partial charge in [0, 0.05) is 10.9 Å². The van der Waals surface area contributed by atoms with Gasteiger partial charge in [0.1, 0.15) is 5.75 Å². The highest BCUT2D eigenvalue weighted by Gasteiger charge is 2.15. The van der Waals surface area contributed by atoms with Crippen LogP contribution in [0.4, 0.5) is 5.69 Å². The number of hydrogen-bond acceptors (Lipinski definition) is 2. The lowest BCUT2D eigenvalue weighted by molar-refractivity contribution is -0.116. The highest BCUT2D eigenvalue weighted by molar-refractivity contribution is 9.10. The van der Waals surface area contributed by atoms with Gasteiger partial charge in [-0.25, -0.2) is 0 Å². The second kappa shape index (κ2) is 8.52. The minimum atomic E-state index is -0.00304. The summed E-state index contributed by atoms with van der Waals surface area (Å²) in [5.74, 6) is 0.836. The maximum absolute atomic E-state index is 12.1. The zero-order valence-electron chi connectivity index (χ0n) is 15.4. The molecule has 134 valence electrons. The van der Waals surface area contributed by atoms with E-state index in [1.165, 1.54) is 11.1 Å². The quantitative estimate of drug-likeness (QED) is 0.613. The van der Waals surface area contributed by atoms with E-state index in [0.717, 1.165) is 15.9 Å². The second-order valence-electron chi connectivity index (χ2n) is 7.26. The van der Waals surface area contributed by atoms with Crippen LogP contribution in [0.1, 0.15) is 44.7 Å². The van der Waals surface area contributed by atoms with Crippen LogP contribution >= 0.6 is 15.9 Å². The number of carbonyl (C=O) groups excluding carboxylic acids is 1. The third-order valence-corrected chi connectivity index (χ3v) is 4.60. The average Bonchev–Trinajstić information content (AvgIpc) is 2.54. The lowest BCUT2D eigenvalue weighted by atomic mass is 9.87. The molecule has 25 heavy (non-hydrogen) atoms. The minimum Gasteiger partial charge on any atom is -0.494 e. The van der Waals surface area contributed by atoms with E-state index in [2.05, 4.69) is 54.2 Å². The maximum Gasteiger partial charge on any atom is 0.224 e. The fourth-order valence-corrected chi connectivity index (χ4v) is 2.83. The van der Waals surface area contributed by atoms with Crippen LogP contribution in [0, 0.1) is 6.92 Å². The Balaban J connectivity index is 1.79. The SMILES string of the molecule is Cc1ccc(OCCCC(=O)Nc2ccc(C(C)(C)C)cc2Br)cc1. The first kappa shape index (κ1) is 19.5. The molecular formula is C21H26BrNO2. The van der Waals surface area contributed by atoms with Gasteiger partial charge in [-0.2, -0.15) is 0 Å². The van der Waals surface area contributed by atoms with Crippen molar-refractivity contribution in [2.45, 2.75) is 46.0 Å². The highest BCUT2D eigenvalue weighted by atomic mass is 79.9. The number of aryl methyl sites for hydroxylation is 1. The summed E-state index contributed by atoms with van der Waals surface area (Å²) in [5, 5.41) is 2.95. The summed E-state index contributed by atoms with van der Waals surface area (Å²) in [6.07, 6.45) is 1.11. The first-order valence-electron chi connectivity index (χ1n) is 8.55. The molecule has 0 aliphatic carbocycles. The molecule has 4 heteroatoms. The van der Waals surface area contributed by atoms with Gasteiger partial charge in [-0.05, 0) is 64.5 Å². The summed E-state index contributed by atoms with van der Waals surface area (Å²) in [6, 6.07) is 14.0. The molecule has 0 aromatic heterocycles. The van der Waals surface area contributed by atoms with E-state index >= 15 is 0 Å². The zero-order chi connectivity index (χ0) is 18.4. The van der Waals surface area contributed by atoms with Crippen LogP contribution in [-0.4, -0.2) is 12.5 Å². The Hall–Kier alpha value is -1.81. The summed E-state index contributed by atoms with van der Waals surface area (Å²) in [7, 11) is 0. The van der Waals surface area contributed by atoms with Gasteiger partial charge >= 0.3 is 0 Å². The fourth-order valence-electron chi connectivity index (χ4n) is 2.35. The Morgan fingerprint density at radius 3 is 2.40 bits per heavy atom. The summed E-state index contributed by atoms with van der Waals surface area (Å²) < 4.78 is 6.56. The van der Waals surface area contributed by atoms with E-state index in [0.29, 0.717) is 19.4 Å². The normalized spacial score (nSPS) is 11.2. The average molecular weight is 404 g/mol. The van der Waals surface area contributed by atoms with Crippen molar-refractivity contribution < 1.29 is 9.53 Å². The molecular weight excluding hydrogens is 378 g/mol. The second-order valence-corrected chi connectivity index (χ2v) is 8.11. The molecule has 2 aromatic rings. The van der Waals surface area contributed by atoms with Crippen LogP contribution in [0.3, 0.4) is 0 Å². The zero-order valence-corrected chi connectivity index (χ0v) is 16.9. The Morgan fingerprint density at radius 2 is 1.80 bits per heavy atom. The first-order valence-corrected chi connectivity index (χ1v) is 9.34. The van der Waals surface area contributed by atoms with Gasteiger partial charge in [0.05, 0.1) is 12.3 Å². The Morgan fingerprint density at radius 1 is 1.12 bits per heavy atom. The van der Waals surface area contributed by atoms with Crippen molar-refractivity contribution in [2.24, 2.45) is 0 Å². The largest absolute Gasteiger partial charge is 0.494 e. The van der Waals surface area contributed by atoms with Crippen LogP contribution in [0.2, 0.25) is 0 Å². The smallest absolute Gasteiger partial charge is 0.224 e. The Labute approximate surface area is 158 Å². The number of ether oxygens (including phenoxy) is 1. The highest BCUT2D eigenvalue weighted by Crippen LogP contribution is 2.30. The van der Waals surface area contributed by atoms with Gasteiger partial charge in [-0.1, -0.05) is 44.5 Å². The van der Waals surface area contributed by atoms with Gasteiger partial charge in [0.15, 0.2) is 0 Å². The molecule has 0 radical (unpaired) electrons. The first-order chi connectivity index (χ1) is 11.8. The Bertz CT molecular complexity index is 718. The molecule has 0 spiro atoms. The molecule has 3 nitrogen and oxygen atoms in total. The lowest BCUT2D eigenvalue weighted by Crippen LogP contribution is -2.14. The number of nitrogens with one attached hydrogen (secondary N) is 1. The molecule has 0 saturated heterocycles. The summed E-state index contributed by atoms with van der Waals surface area (Å²) >= 11 is 3.55. The molecule has 0 saturated carbocycles. The van der Waals surface area contributed by atoms with E-state index in [1.54, 1.807) is 0 Å². The van der Waals surface area contributed by atoms with Crippen LogP contribution in [0.15, 0.2) is 46.9 Å². The van der Waals surface area contributed by atoms with Crippen molar-refractivity contribution in [1.29, 1.82) is 0 Å². The minimum absolute atomic E-state index is 0.00304. The van der Waals surface area contributed by atoms with E-state index < -0.39 is 0 Å². The predicted octanol–water partition coefficient (Wildman–Crippen LogP) is 5.85. The van der Waals surface area contributed by atoms with E-state index in [4.69, 9.17) is 4.74 Å². The molecule has 0 unspecified atom stereocenters. The summed E-state index contributed by atoms with van der Waals surface area (Å²) in [6.45, 7) is 9.07. The number of benzene rings is 2. The standard InChI is InChI=1S/C21H26BrNO2/c1-15-7-10-17(11-8-15)25-13-5-6-20(24)23-19-12-9-16(14-18(19)22)21(2,3)4/h7-12,14H,5-6,13H2,1-4H3,(H,23,24). The van der Waals surface area contributed by atoms with Crippen molar-refractivity contribution in [2.75, 3.05) is 11.9 Å². The maximum atomic E-state index is 12.1. The molecule has 0 aliphatic heterocycles. The van der Waals surface area contributed by atoms with Gasteiger partial charge in [0.25, 0.3) is 0 Å².